The number of para-hydroxylation sites is 1. The second kappa shape index (κ2) is 13.5. The van der Waals surface area contributed by atoms with Crippen LogP contribution in [0.25, 0.3) is 29.1 Å². The molecule has 0 aromatic heterocycles. The second-order valence-electron chi connectivity index (χ2n) is 9.62. The maximum atomic E-state index is 9.84. The van der Waals surface area contributed by atoms with E-state index in [2.05, 4.69) is 40.1 Å². The molecule has 0 unspecified atom stereocenters. The summed E-state index contributed by atoms with van der Waals surface area (Å²) in [5.41, 5.74) is 7.40. The molecule has 0 N–H and O–H groups in total. The molecule has 0 saturated heterocycles. The molecule has 208 valence electrons. The highest BCUT2D eigenvalue weighted by atomic mass is 16.5. The van der Waals surface area contributed by atoms with Crippen molar-refractivity contribution in [1.82, 2.24) is 0 Å². The number of benzene rings is 5. The number of hydrogen-bond acceptors (Lipinski definition) is 4. The first kappa shape index (κ1) is 28.5. The van der Waals surface area contributed by atoms with Crippen LogP contribution in [0.1, 0.15) is 27.8 Å². The second-order valence-corrected chi connectivity index (χ2v) is 9.62. The van der Waals surface area contributed by atoms with E-state index in [0.29, 0.717) is 22.4 Å². The van der Waals surface area contributed by atoms with Gasteiger partial charge < -0.3 is 14.4 Å². The van der Waals surface area contributed by atoms with E-state index in [-0.39, 0.29) is 0 Å². The fraction of sp³-hybridized carbons (Fsp3) is 0.0526. The predicted octanol–water partition coefficient (Wildman–Crippen LogP) is 9.94. The normalized spacial score (nSPS) is 10.8. The van der Waals surface area contributed by atoms with E-state index in [1.54, 1.807) is 26.4 Å². The summed E-state index contributed by atoms with van der Waals surface area (Å²) in [5, 5.41) is 9.84. The van der Waals surface area contributed by atoms with Crippen molar-refractivity contribution in [2.45, 2.75) is 0 Å². The van der Waals surface area contributed by atoms with Crippen LogP contribution in [0.4, 0.5) is 22.7 Å². The lowest BCUT2D eigenvalue weighted by atomic mass is 10.0. The Morgan fingerprint density at radius 3 is 1.65 bits per heavy atom. The molecule has 0 aliphatic carbocycles. The molecule has 0 radical (unpaired) electrons. The van der Waals surface area contributed by atoms with Crippen LogP contribution in [0.3, 0.4) is 0 Å². The summed E-state index contributed by atoms with van der Waals surface area (Å²) in [7, 11) is 3.29. The number of methoxy groups -OCH3 is 2. The third-order valence-electron chi connectivity index (χ3n) is 6.96. The molecule has 0 bridgehead atoms. The standard InChI is InChI=1S/C38H29N3O2/c1-40-38-26-30(15-9-29-13-21-36(42-2)22-14-29)32(27-39)25-31(38)16-10-28-11-17-34(18-12-28)41(33-7-5-4-6-8-33)35-19-23-37(43-3)24-20-35/h4-26H,2-3H3. The molecule has 0 saturated carbocycles. The average molecular weight is 560 g/mol. The Morgan fingerprint density at radius 2 is 1.12 bits per heavy atom. The first-order valence-corrected chi connectivity index (χ1v) is 13.7. The minimum Gasteiger partial charge on any atom is -0.497 e. The van der Waals surface area contributed by atoms with Crippen LogP contribution in [-0.2, 0) is 0 Å². The summed E-state index contributed by atoms with van der Waals surface area (Å²) in [5.74, 6) is 1.58. The fourth-order valence-electron chi connectivity index (χ4n) is 4.66. The van der Waals surface area contributed by atoms with E-state index in [0.717, 1.165) is 39.7 Å². The molecular weight excluding hydrogens is 530 g/mol. The molecule has 0 aliphatic rings. The Bertz CT molecular complexity index is 1830. The van der Waals surface area contributed by atoms with Crippen molar-refractivity contribution < 1.29 is 9.47 Å². The minimum absolute atomic E-state index is 0.482. The van der Waals surface area contributed by atoms with Crippen molar-refractivity contribution in [2.24, 2.45) is 0 Å². The van der Waals surface area contributed by atoms with Gasteiger partial charge in [0.05, 0.1) is 32.4 Å². The summed E-state index contributed by atoms with van der Waals surface area (Å²) in [6.07, 6.45) is 7.63. The number of rotatable bonds is 9. The Hall–Kier alpha value is -6.04. The zero-order valence-electron chi connectivity index (χ0n) is 23.9. The molecule has 0 heterocycles. The first-order valence-electron chi connectivity index (χ1n) is 13.7. The molecule has 5 nitrogen and oxygen atoms in total. The number of anilines is 3. The molecule has 5 aromatic carbocycles. The summed E-state index contributed by atoms with van der Waals surface area (Å²) >= 11 is 0. The van der Waals surface area contributed by atoms with E-state index >= 15 is 0 Å². The molecule has 0 amide bonds. The van der Waals surface area contributed by atoms with Gasteiger partial charge in [-0.3, -0.25) is 0 Å². The summed E-state index contributed by atoms with van der Waals surface area (Å²) in [6.45, 7) is 7.75. The summed E-state index contributed by atoms with van der Waals surface area (Å²) in [6, 6.07) is 39.9. The van der Waals surface area contributed by atoms with Gasteiger partial charge in [-0.1, -0.05) is 66.8 Å². The maximum Gasteiger partial charge on any atom is 0.194 e. The van der Waals surface area contributed by atoms with E-state index in [9.17, 15) is 5.26 Å². The quantitative estimate of drug-likeness (QED) is 0.133. The summed E-state index contributed by atoms with van der Waals surface area (Å²) in [4.78, 5) is 5.92. The Morgan fingerprint density at radius 1 is 0.628 bits per heavy atom. The maximum absolute atomic E-state index is 9.84. The van der Waals surface area contributed by atoms with Crippen molar-refractivity contribution in [3.05, 3.63) is 154 Å². The third-order valence-corrected chi connectivity index (χ3v) is 6.96. The van der Waals surface area contributed by atoms with Gasteiger partial charge in [0, 0.05) is 17.1 Å². The predicted molar refractivity (Wildman–Crippen MR) is 176 cm³/mol. The molecule has 0 spiro atoms. The number of nitriles is 1. The number of nitrogens with zero attached hydrogens (tertiary/aromatic N) is 3. The zero-order chi connectivity index (χ0) is 30.0. The Kier molecular flexibility index (Phi) is 8.97. The number of hydrogen-bond donors (Lipinski definition) is 0. The Labute approximate surface area is 252 Å². The molecule has 0 fully saturated rings. The smallest absolute Gasteiger partial charge is 0.194 e. The highest BCUT2D eigenvalue weighted by Gasteiger charge is 2.12. The van der Waals surface area contributed by atoms with Gasteiger partial charge in [0.2, 0.25) is 0 Å². The lowest BCUT2D eigenvalue weighted by Gasteiger charge is -2.25. The van der Waals surface area contributed by atoms with Crippen molar-refractivity contribution in [2.75, 3.05) is 19.1 Å². The third kappa shape index (κ3) is 6.82. The highest BCUT2D eigenvalue weighted by molar-refractivity contribution is 5.83. The monoisotopic (exact) mass is 559 g/mol. The van der Waals surface area contributed by atoms with Gasteiger partial charge in [-0.05, 0) is 95.1 Å². The fourth-order valence-corrected chi connectivity index (χ4v) is 4.66. The van der Waals surface area contributed by atoms with Gasteiger partial charge in [0.15, 0.2) is 5.69 Å². The van der Waals surface area contributed by atoms with E-state index < -0.39 is 0 Å². The minimum atomic E-state index is 0.482. The number of ether oxygens (including phenoxy) is 2. The molecule has 0 aliphatic heterocycles. The van der Waals surface area contributed by atoms with Crippen LogP contribution in [-0.4, -0.2) is 14.2 Å². The van der Waals surface area contributed by atoms with Crippen LogP contribution in [0.5, 0.6) is 11.5 Å². The molecule has 5 aromatic rings. The van der Waals surface area contributed by atoms with Crippen molar-refractivity contribution in [3.8, 4) is 17.6 Å². The van der Waals surface area contributed by atoms with Gasteiger partial charge in [-0.15, -0.1) is 0 Å². The molecule has 0 atom stereocenters. The van der Waals surface area contributed by atoms with Gasteiger partial charge >= 0.3 is 0 Å². The summed E-state index contributed by atoms with van der Waals surface area (Å²) < 4.78 is 10.6. The van der Waals surface area contributed by atoms with Crippen LogP contribution in [0.15, 0.2) is 115 Å². The zero-order valence-corrected chi connectivity index (χ0v) is 23.9. The van der Waals surface area contributed by atoms with Gasteiger partial charge in [-0.2, -0.15) is 5.26 Å². The molecule has 5 rings (SSSR count). The lowest BCUT2D eigenvalue weighted by Crippen LogP contribution is -2.09. The van der Waals surface area contributed by atoms with Crippen LogP contribution in [0, 0.1) is 17.9 Å². The SMILES string of the molecule is [C-]#[N+]c1cc(C=Cc2ccc(OC)cc2)c(C#N)cc1C=Cc1ccc(N(c2ccccc2)c2ccc(OC)cc2)cc1. The van der Waals surface area contributed by atoms with Crippen molar-refractivity contribution in [3.63, 3.8) is 0 Å². The van der Waals surface area contributed by atoms with Gasteiger partial charge in [0.25, 0.3) is 0 Å². The molecule has 5 heteroatoms. The van der Waals surface area contributed by atoms with Gasteiger partial charge in [0.1, 0.15) is 11.5 Å². The highest BCUT2D eigenvalue weighted by Crippen LogP contribution is 2.35. The van der Waals surface area contributed by atoms with Crippen LogP contribution in [0.2, 0.25) is 0 Å². The van der Waals surface area contributed by atoms with E-state index in [1.165, 1.54) is 0 Å². The lowest BCUT2D eigenvalue weighted by molar-refractivity contribution is 0.414. The topological polar surface area (TPSA) is 49.8 Å². The average Bonchev–Trinajstić information content (AvgIpc) is 3.08. The first-order chi connectivity index (χ1) is 21.1. The van der Waals surface area contributed by atoms with Crippen molar-refractivity contribution >= 4 is 47.1 Å². The van der Waals surface area contributed by atoms with Crippen LogP contribution < -0.4 is 14.4 Å². The Balaban J connectivity index is 1.40. The molecule has 43 heavy (non-hydrogen) atoms. The van der Waals surface area contributed by atoms with Crippen molar-refractivity contribution in [1.29, 1.82) is 5.26 Å². The van der Waals surface area contributed by atoms with Gasteiger partial charge in [-0.25, -0.2) is 4.85 Å². The largest absolute Gasteiger partial charge is 0.497 e. The molecular formula is C38H29N3O2. The van der Waals surface area contributed by atoms with E-state index in [1.807, 2.05) is 103 Å². The van der Waals surface area contributed by atoms with Crippen LogP contribution >= 0.6 is 0 Å². The van der Waals surface area contributed by atoms with E-state index in [4.69, 9.17) is 16.0 Å².